The number of ether oxygens (including phenoxy) is 4. The second kappa shape index (κ2) is 46.6. The van der Waals surface area contributed by atoms with Gasteiger partial charge in [0.15, 0.2) is 6.29 Å². The summed E-state index contributed by atoms with van der Waals surface area (Å²) >= 11 is 0. The van der Waals surface area contributed by atoms with Gasteiger partial charge in [0.2, 0.25) is 0 Å². The molecule has 0 spiro atoms. The smallest absolute Gasteiger partial charge is 0.397 e. The van der Waals surface area contributed by atoms with Crippen molar-refractivity contribution in [2.45, 2.75) is 250 Å². The fourth-order valence-corrected chi connectivity index (χ4v) is 8.50. The van der Waals surface area contributed by atoms with E-state index < -0.39 is 59.8 Å². The normalized spacial score (nSPS) is 19.8. The van der Waals surface area contributed by atoms with Crippen molar-refractivity contribution in [1.29, 1.82) is 0 Å². The van der Waals surface area contributed by atoms with Gasteiger partial charge in [-0.2, -0.15) is 8.42 Å². The predicted molar refractivity (Wildman–Crippen MR) is 280 cm³/mol. The molecular weight excluding hydrogens is 897 g/mol. The van der Waals surface area contributed by atoms with Crippen LogP contribution in [0.3, 0.4) is 0 Å². The number of carbonyl (C=O) groups excluding carboxylic acids is 1. The van der Waals surface area contributed by atoms with Crippen molar-refractivity contribution in [3.05, 3.63) is 72.9 Å². The van der Waals surface area contributed by atoms with E-state index >= 15 is 0 Å². The molecule has 1 saturated heterocycles. The maximum atomic E-state index is 12.9. The molecule has 69 heavy (non-hydrogen) atoms. The Labute approximate surface area is 420 Å². The van der Waals surface area contributed by atoms with E-state index in [1.165, 1.54) is 103 Å². The van der Waals surface area contributed by atoms with Gasteiger partial charge in [-0.3, -0.25) is 9.35 Å². The maximum Gasteiger partial charge on any atom is 0.397 e. The molecule has 400 valence electrons. The van der Waals surface area contributed by atoms with Crippen LogP contribution >= 0.6 is 0 Å². The lowest BCUT2D eigenvalue weighted by Gasteiger charge is -2.41. The molecule has 4 N–H and O–H groups in total. The van der Waals surface area contributed by atoms with E-state index in [2.05, 4.69) is 90.9 Å². The monoisotopic (exact) mass is 995 g/mol. The van der Waals surface area contributed by atoms with Crippen LogP contribution in [0.5, 0.6) is 0 Å². The second-order valence-corrected chi connectivity index (χ2v) is 19.5. The number of hydrogen-bond acceptors (Lipinski definition) is 11. The van der Waals surface area contributed by atoms with Gasteiger partial charge in [-0.1, -0.05) is 196 Å². The van der Waals surface area contributed by atoms with E-state index in [0.717, 1.165) is 83.5 Å². The van der Waals surface area contributed by atoms with Crippen molar-refractivity contribution in [3.63, 3.8) is 0 Å². The molecule has 0 saturated carbocycles. The highest BCUT2D eigenvalue weighted by Gasteiger charge is 2.48. The van der Waals surface area contributed by atoms with Gasteiger partial charge in [-0.05, 0) is 83.5 Å². The van der Waals surface area contributed by atoms with Gasteiger partial charge in [0.05, 0.1) is 19.8 Å². The van der Waals surface area contributed by atoms with E-state index in [0.29, 0.717) is 13.0 Å². The summed E-state index contributed by atoms with van der Waals surface area (Å²) in [6.45, 7) is 3.87. The van der Waals surface area contributed by atoms with Gasteiger partial charge in [0.1, 0.15) is 30.5 Å². The Bertz CT molecular complexity index is 1470. The molecule has 1 aliphatic rings. The van der Waals surface area contributed by atoms with E-state index in [4.69, 9.17) is 18.9 Å². The van der Waals surface area contributed by atoms with Gasteiger partial charge in [-0.15, -0.1) is 0 Å². The van der Waals surface area contributed by atoms with Crippen molar-refractivity contribution < 1.29 is 56.2 Å². The number of aliphatic hydroxyl groups excluding tert-OH is 3. The summed E-state index contributed by atoms with van der Waals surface area (Å²) in [4.78, 5) is 12.9. The van der Waals surface area contributed by atoms with E-state index in [-0.39, 0.29) is 19.6 Å². The minimum Gasteiger partial charge on any atom is -0.457 e. The van der Waals surface area contributed by atoms with Crippen LogP contribution in [0, 0.1) is 0 Å². The van der Waals surface area contributed by atoms with Crippen LogP contribution in [0.2, 0.25) is 0 Å². The zero-order chi connectivity index (χ0) is 50.3. The quantitative estimate of drug-likeness (QED) is 0.0197. The molecule has 1 rings (SSSR count). The lowest BCUT2D eigenvalue weighted by molar-refractivity contribution is -0.301. The first-order chi connectivity index (χ1) is 33.6. The molecule has 6 atom stereocenters. The van der Waals surface area contributed by atoms with Crippen LogP contribution in [0.1, 0.15) is 213 Å². The van der Waals surface area contributed by atoms with Crippen LogP contribution in [0.15, 0.2) is 72.9 Å². The third-order valence-corrected chi connectivity index (χ3v) is 12.5. The summed E-state index contributed by atoms with van der Waals surface area (Å²) < 4.78 is 59.3. The summed E-state index contributed by atoms with van der Waals surface area (Å²) in [5, 5.41) is 30.8. The maximum absolute atomic E-state index is 12.9. The Morgan fingerprint density at radius 3 is 1.48 bits per heavy atom. The van der Waals surface area contributed by atoms with Gasteiger partial charge in [0, 0.05) is 13.0 Å². The standard InChI is InChI=1S/C56H98O12S/c1-3-5-7-9-11-13-15-17-19-21-22-23-24-25-26-27-28-29-31-33-35-37-39-41-43-45-52(58)66-50(49-65-56-54(60)55(68-69(61,62)63)53(59)51(47-57)67-56)48-64-46-44-42-40-38-36-34-32-30-20-18-16-14-12-10-8-6-4-2/h5,7,11,13,17,19-20,22-23,25-26,30,50-51,53-57,59-60H,3-4,6,8-10,12,14-16,18,21,24,27-29,31-49H2,1-2H3,(H,61,62,63)/b7-5-,13-11-,19-17-,23-22-,26-25-,30-20-. The van der Waals surface area contributed by atoms with E-state index in [1.54, 1.807) is 0 Å². The van der Waals surface area contributed by atoms with Gasteiger partial charge in [-0.25, -0.2) is 4.18 Å². The van der Waals surface area contributed by atoms with Crippen molar-refractivity contribution in [2.75, 3.05) is 26.4 Å². The van der Waals surface area contributed by atoms with Gasteiger partial charge in [0.25, 0.3) is 0 Å². The lowest BCUT2D eigenvalue weighted by atomic mass is 9.99. The molecule has 1 fully saturated rings. The third-order valence-electron chi connectivity index (χ3n) is 12.1. The summed E-state index contributed by atoms with van der Waals surface area (Å²) in [6, 6.07) is 0. The SMILES string of the molecule is CC/C=C\C/C=C\C/C=C\C/C=C\C/C=C\CCCCCCCCCCCC(=O)OC(COCCCCCCCC/C=C\CCCCCCCCC)COC1OC(CO)C(O)C(OS(=O)(=O)O)C1O. The van der Waals surface area contributed by atoms with Crippen LogP contribution in [0.4, 0.5) is 0 Å². The van der Waals surface area contributed by atoms with Crippen LogP contribution in [0.25, 0.3) is 0 Å². The van der Waals surface area contributed by atoms with Crippen molar-refractivity contribution in [3.8, 4) is 0 Å². The highest BCUT2D eigenvalue weighted by molar-refractivity contribution is 7.80. The predicted octanol–water partition coefficient (Wildman–Crippen LogP) is 13.0. The number of aliphatic hydroxyl groups is 3. The molecule has 0 aromatic carbocycles. The fourth-order valence-electron chi connectivity index (χ4n) is 7.99. The first-order valence-corrected chi connectivity index (χ1v) is 28.6. The second-order valence-electron chi connectivity index (χ2n) is 18.4. The average molecular weight is 995 g/mol. The molecule has 12 nitrogen and oxygen atoms in total. The number of unbranched alkanes of at least 4 members (excludes halogenated alkanes) is 22. The Morgan fingerprint density at radius 2 is 1.00 bits per heavy atom. The largest absolute Gasteiger partial charge is 0.457 e. The molecule has 0 aromatic heterocycles. The van der Waals surface area contributed by atoms with Crippen molar-refractivity contribution in [2.24, 2.45) is 0 Å². The minimum absolute atomic E-state index is 0.0269. The zero-order valence-electron chi connectivity index (χ0n) is 43.1. The Hall–Kier alpha value is -2.46. The van der Waals surface area contributed by atoms with Gasteiger partial charge >= 0.3 is 16.4 Å². The summed E-state index contributed by atoms with van der Waals surface area (Å²) in [5.74, 6) is -0.409. The molecule has 6 unspecified atom stereocenters. The Balaban J connectivity index is 2.33. The third kappa shape index (κ3) is 39.8. The highest BCUT2D eigenvalue weighted by Crippen LogP contribution is 2.26. The van der Waals surface area contributed by atoms with E-state index in [9.17, 15) is 33.1 Å². The topological polar surface area (TPSA) is 178 Å². The number of hydrogen-bond donors (Lipinski definition) is 4. The molecule has 0 radical (unpaired) electrons. The van der Waals surface area contributed by atoms with Crippen LogP contribution < -0.4 is 0 Å². The first-order valence-electron chi connectivity index (χ1n) is 27.2. The summed E-state index contributed by atoms with van der Waals surface area (Å²) in [5.41, 5.74) is 0. The van der Waals surface area contributed by atoms with Crippen molar-refractivity contribution in [1.82, 2.24) is 0 Å². The fraction of sp³-hybridized carbons (Fsp3) is 0.768. The Morgan fingerprint density at radius 1 is 0.565 bits per heavy atom. The van der Waals surface area contributed by atoms with Crippen LogP contribution in [-0.4, -0.2) is 97.5 Å². The molecule has 0 bridgehead atoms. The molecule has 0 aromatic rings. The number of esters is 1. The number of rotatable bonds is 47. The molecule has 0 aliphatic carbocycles. The van der Waals surface area contributed by atoms with E-state index in [1.807, 2.05) is 0 Å². The van der Waals surface area contributed by atoms with Crippen molar-refractivity contribution >= 4 is 16.4 Å². The highest BCUT2D eigenvalue weighted by atomic mass is 32.3. The number of carbonyl (C=O) groups is 1. The van der Waals surface area contributed by atoms with Crippen LogP contribution in [-0.2, 0) is 38.3 Å². The summed E-state index contributed by atoms with van der Waals surface area (Å²) in [6.07, 6.45) is 52.1. The van der Waals surface area contributed by atoms with Gasteiger partial charge < -0.3 is 34.3 Å². The minimum atomic E-state index is -5.07. The lowest BCUT2D eigenvalue weighted by Crippen LogP contribution is -2.60. The molecule has 0 amide bonds. The molecule has 1 heterocycles. The summed E-state index contributed by atoms with van der Waals surface area (Å²) in [7, 11) is -5.07. The Kier molecular flexibility index (Phi) is 43.6. The zero-order valence-corrected chi connectivity index (χ0v) is 43.9. The molecular formula is C56H98O12S. The molecule has 1 aliphatic heterocycles. The first kappa shape index (κ1) is 64.6. The molecule has 13 heteroatoms. The number of allylic oxidation sites excluding steroid dienone is 12. The average Bonchev–Trinajstić information content (AvgIpc) is 3.32.